The first-order valence-electron chi connectivity index (χ1n) is 11.7. The Bertz CT molecular complexity index is 1360. The largest absolute Gasteiger partial charge is 0.494 e. The molecular weight excluding hydrogens is 481 g/mol. The highest BCUT2D eigenvalue weighted by molar-refractivity contribution is 6.31. The lowest BCUT2D eigenvalue weighted by Crippen LogP contribution is -2.32. The molecule has 2 atom stereocenters. The van der Waals surface area contributed by atoms with E-state index < -0.39 is 5.82 Å². The molecule has 186 valence electrons. The third-order valence-electron chi connectivity index (χ3n) is 6.48. The number of ether oxygens (including phenoxy) is 1. The number of methoxy groups -OCH3 is 1. The molecule has 1 aliphatic rings. The molecule has 0 saturated carbocycles. The topological polar surface area (TPSA) is 90.3 Å². The molecule has 0 aliphatic carbocycles. The van der Waals surface area contributed by atoms with Gasteiger partial charge in [-0.05, 0) is 51.0 Å². The van der Waals surface area contributed by atoms with Crippen LogP contribution in [0, 0.1) is 17.1 Å². The molecular formula is C27H27ClFN5O2. The number of carbonyl (C=O) groups is 1. The van der Waals surface area contributed by atoms with Gasteiger partial charge in [0.25, 0.3) is 0 Å². The van der Waals surface area contributed by atoms with Crippen LogP contribution in [0.25, 0.3) is 10.9 Å². The van der Waals surface area contributed by atoms with E-state index in [4.69, 9.17) is 16.3 Å². The number of carbonyl (C=O) groups excluding carboxylic acids is 1. The number of rotatable bonds is 7. The van der Waals surface area contributed by atoms with Crippen LogP contribution >= 0.6 is 11.6 Å². The highest BCUT2D eigenvalue weighted by atomic mass is 35.5. The normalized spacial score (nSPS) is 17.9. The lowest BCUT2D eigenvalue weighted by Gasteiger charge is -2.24. The van der Waals surface area contributed by atoms with Crippen molar-refractivity contribution in [2.24, 2.45) is 0 Å². The fraction of sp³-hybridized carbons (Fsp3) is 0.296. The Kier molecular flexibility index (Phi) is 7.73. The molecule has 36 heavy (non-hydrogen) atoms. The zero-order chi connectivity index (χ0) is 25.8. The minimum atomic E-state index is -0.543. The zero-order valence-electron chi connectivity index (χ0n) is 20.3. The number of aromatic nitrogens is 1. The maximum Gasteiger partial charge on any atom is 0.248 e. The van der Waals surface area contributed by atoms with E-state index in [0.29, 0.717) is 52.3 Å². The maximum absolute atomic E-state index is 13.6. The summed E-state index contributed by atoms with van der Waals surface area (Å²) in [7, 11) is 1.51. The van der Waals surface area contributed by atoms with E-state index in [1.54, 1.807) is 12.1 Å². The summed E-state index contributed by atoms with van der Waals surface area (Å²) in [5.41, 5.74) is 2.21. The van der Waals surface area contributed by atoms with Gasteiger partial charge in [0.05, 0.1) is 34.6 Å². The van der Waals surface area contributed by atoms with Gasteiger partial charge in [0.15, 0.2) is 0 Å². The molecule has 4 rings (SSSR count). The number of anilines is 3. The molecule has 2 N–H and O–H groups in total. The van der Waals surface area contributed by atoms with E-state index in [9.17, 15) is 14.4 Å². The molecule has 3 aromatic rings. The van der Waals surface area contributed by atoms with E-state index in [1.165, 1.54) is 37.6 Å². The highest BCUT2D eigenvalue weighted by Gasteiger charge is 2.25. The molecule has 1 aliphatic heterocycles. The van der Waals surface area contributed by atoms with Crippen molar-refractivity contribution >= 4 is 45.5 Å². The minimum Gasteiger partial charge on any atom is -0.494 e. The Morgan fingerprint density at radius 2 is 2.06 bits per heavy atom. The van der Waals surface area contributed by atoms with Gasteiger partial charge in [-0.1, -0.05) is 17.7 Å². The Morgan fingerprint density at radius 3 is 2.72 bits per heavy atom. The Hall–Kier alpha value is -3.67. The number of nitrogens with one attached hydrogen (secondary N) is 2. The average Bonchev–Trinajstić information content (AvgIpc) is 3.18. The number of halogens is 2. The number of hydrogen-bond acceptors (Lipinski definition) is 6. The van der Waals surface area contributed by atoms with Gasteiger partial charge in [0, 0.05) is 48.0 Å². The van der Waals surface area contributed by atoms with Gasteiger partial charge in [-0.15, -0.1) is 0 Å². The summed E-state index contributed by atoms with van der Waals surface area (Å²) >= 11 is 5.93. The number of likely N-dealkylation sites (tertiary alicyclic amines) is 1. The summed E-state index contributed by atoms with van der Waals surface area (Å²) in [6, 6.07) is 10.7. The molecule has 7 nitrogen and oxygen atoms in total. The van der Waals surface area contributed by atoms with Gasteiger partial charge in [-0.2, -0.15) is 5.26 Å². The van der Waals surface area contributed by atoms with Gasteiger partial charge >= 0.3 is 0 Å². The molecule has 2 aromatic carbocycles. The third kappa shape index (κ3) is 5.43. The van der Waals surface area contributed by atoms with Gasteiger partial charge < -0.3 is 15.4 Å². The summed E-state index contributed by atoms with van der Waals surface area (Å²) in [5, 5.41) is 16.2. The van der Waals surface area contributed by atoms with Gasteiger partial charge in [-0.3, -0.25) is 14.7 Å². The van der Waals surface area contributed by atoms with E-state index in [-0.39, 0.29) is 16.5 Å². The van der Waals surface area contributed by atoms with Crippen molar-refractivity contribution < 1.29 is 13.9 Å². The Balaban J connectivity index is 1.63. The van der Waals surface area contributed by atoms with Gasteiger partial charge in [0.2, 0.25) is 5.91 Å². The van der Waals surface area contributed by atoms with E-state index in [2.05, 4.69) is 40.4 Å². The number of nitrogens with zero attached hydrogens (tertiary/aromatic N) is 3. The number of fused-ring (bicyclic) bond motifs is 1. The second-order valence-corrected chi connectivity index (χ2v) is 9.25. The summed E-state index contributed by atoms with van der Waals surface area (Å²) in [6.07, 6.45) is 7.15. The fourth-order valence-corrected chi connectivity index (χ4v) is 4.67. The van der Waals surface area contributed by atoms with Gasteiger partial charge in [-0.25, -0.2) is 4.39 Å². The molecule has 1 fully saturated rings. The number of pyridine rings is 1. The van der Waals surface area contributed by atoms with E-state index >= 15 is 0 Å². The zero-order valence-corrected chi connectivity index (χ0v) is 21.1. The highest BCUT2D eigenvalue weighted by Crippen LogP contribution is 2.36. The van der Waals surface area contributed by atoms with E-state index in [0.717, 1.165) is 12.8 Å². The maximum atomic E-state index is 13.6. The summed E-state index contributed by atoms with van der Waals surface area (Å²) in [5.74, 6) is -0.408. The molecule has 2 unspecified atom stereocenters. The molecule has 0 radical (unpaired) electrons. The quantitative estimate of drug-likeness (QED) is 0.380. The summed E-state index contributed by atoms with van der Waals surface area (Å²) in [6.45, 7) is 5.10. The monoisotopic (exact) mass is 507 g/mol. The number of nitriles is 1. The first kappa shape index (κ1) is 25.4. The van der Waals surface area contributed by atoms with Crippen LogP contribution in [0.1, 0.15) is 32.3 Å². The molecule has 1 aromatic heterocycles. The van der Waals surface area contributed by atoms with Crippen molar-refractivity contribution in [3.8, 4) is 11.8 Å². The van der Waals surface area contributed by atoms with E-state index in [1.807, 2.05) is 6.08 Å². The predicted octanol–water partition coefficient (Wildman–Crippen LogP) is 6.02. The van der Waals surface area contributed by atoms with Crippen LogP contribution < -0.4 is 15.4 Å². The van der Waals surface area contributed by atoms with Crippen LogP contribution in [-0.2, 0) is 4.79 Å². The van der Waals surface area contributed by atoms with Crippen LogP contribution in [-0.4, -0.2) is 41.5 Å². The molecule has 2 heterocycles. The predicted molar refractivity (Wildman–Crippen MR) is 140 cm³/mol. The van der Waals surface area contributed by atoms with Crippen molar-refractivity contribution in [1.82, 2.24) is 9.88 Å². The van der Waals surface area contributed by atoms with Crippen molar-refractivity contribution in [3.05, 3.63) is 65.1 Å². The van der Waals surface area contributed by atoms with Crippen molar-refractivity contribution in [2.75, 3.05) is 24.3 Å². The molecule has 1 amide bonds. The molecule has 9 heteroatoms. The molecule has 0 bridgehead atoms. The minimum absolute atomic E-state index is 0.0454. The fourth-order valence-electron chi connectivity index (χ4n) is 4.49. The first-order chi connectivity index (χ1) is 17.3. The number of amides is 1. The van der Waals surface area contributed by atoms with Gasteiger partial charge in [0.1, 0.15) is 17.6 Å². The lowest BCUT2D eigenvalue weighted by atomic mass is 10.1. The second-order valence-electron chi connectivity index (χ2n) is 8.85. The second kappa shape index (κ2) is 10.9. The van der Waals surface area contributed by atoms with Crippen LogP contribution in [0.4, 0.5) is 21.5 Å². The Morgan fingerprint density at radius 1 is 1.31 bits per heavy atom. The molecule has 1 saturated heterocycles. The number of hydrogen-bond donors (Lipinski definition) is 2. The first-order valence-corrected chi connectivity index (χ1v) is 12.0. The lowest BCUT2D eigenvalue weighted by molar-refractivity contribution is -0.111. The third-order valence-corrected chi connectivity index (χ3v) is 6.77. The van der Waals surface area contributed by atoms with Crippen molar-refractivity contribution in [3.63, 3.8) is 0 Å². The van der Waals surface area contributed by atoms with Crippen molar-refractivity contribution in [2.45, 2.75) is 38.8 Å². The van der Waals surface area contributed by atoms with Crippen LogP contribution in [0.3, 0.4) is 0 Å². The molecule has 0 spiro atoms. The standard InChI is InChI=1S/C27H27ClFN5O2/c1-16-6-7-17(2)34(16)10-4-5-26(35)33-24-12-20-23(13-25(24)36-3)31-15-18(14-30)27(20)32-19-8-9-22(29)21(28)11-19/h4-5,8-9,11-13,15-17H,6-7,10H2,1-3H3,(H,31,32)(H,33,35). The smallest absolute Gasteiger partial charge is 0.248 e. The van der Waals surface area contributed by atoms with Crippen LogP contribution in [0.5, 0.6) is 5.75 Å². The Labute approximate surface area is 214 Å². The average molecular weight is 508 g/mol. The SMILES string of the molecule is COc1cc2ncc(C#N)c(Nc3ccc(F)c(Cl)c3)c2cc1NC(=O)C=CCN1C(C)CCC1C. The summed E-state index contributed by atoms with van der Waals surface area (Å²) in [4.78, 5) is 19.4. The number of benzene rings is 2. The summed E-state index contributed by atoms with van der Waals surface area (Å²) < 4.78 is 19.1. The van der Waals surface area contributed by atoms with Crippen molar-refractivity contribution in [1.29, 1.82) is 5.26 Å². The van der Waals surface area contributed by atoms with Crippen LogP contribution in [0.15, 0.2) is 48.7 Å². The van der Waals surface area contributed by atoms with Crippen LogP contribution in [0.2, 0.25) is 5.02 Å².